The third kappa shape index (κ3) is 6.05. The molecule has 1 aliphatic rings. The maximum Gasteiger partial charge on any atom is 0.251 e. The molecule has 2 N–H and O–H groups in total. The van der Waals surface area contributed by atoms with E-state index < -0.39 is 6.04 Å². The molecule has 0 aromatic heterocycles. The van der Waals surface area contributed by atoms with Gasteiger partial charge in [0, 0.05) is 38.7 Å². The van der Waals surface area contributed by atoms with E-state index in [-0.39, 0.29) is 23.6 Å². The predicted molar refractivity (Wildman–Crippen MR) is 107 cm³/mol. The average molecular weight is 389 g/mol. The van der Waals surface area contributed by atoms with Gasteiger partial charge in [-0.2, -0.15) is 0 Å². The second kappa shape index (κ2) is 10.8. The van der Waals surface area contributed by atoms with Gasteiger partial charge in [-0.15, -0.1) is 0 Å². The lowest BCUT2D eigenvalue weighted by atomic mass is 9.88. The van der Waals surface area contributed by atoms with Crippen LogP contribution in [0.3, 0.4) is 0 Å². The van der Waals surface area contributed by atoms with E-state index in [0.29, 0.717) is 51.1 Å². The molecule has 154 valence electrons. The fourth-order valence-electron chi connectivity index (χ4n) is 3.50. The number of likely N-dealkylation sites (tertiary alicyclic amines) is 1. The third-order valence-electron chi connectivity index (χ3n) is 5.12. The molecule has 1 saturated heterocycles. The molecule has 1 aromatic carbocycles. The highest BCUT2D eigenvalue weighted by atomic mass is 16.5. The molecule has 3 amide bonds. The van der Waals surface area contributed by atoms with Crippen molar-refractivity contribution in [2.75, 3.05) is 33.4 Å². The number of methoxy groups -OCH3 is 1. The Kier molecular flexibility index (Phi) is 8.44. The molecule has 1 aromatic rings. The Morgan fingerprint density at radius 3 is 2.57 bits per heavy atom. The summed E-state index contributed by atoms with van der Waals surface area (Å²) in [4.78, 5) is 39.2. The molecule has 1 aliphatic heterocycles. The highest BCUT2D eigenvalue weighted by Gasteiger charge is 2.33. The maximum atomic E-state index is 12.8. The van der Waals surface area contributed by atoms with E-state index in [9.17, 15) is 14.4 Å². The van der Waals surface area contributed by atoms with Gasteiger partial charge in [0.2, 0.25) is 11.8 Å². The summed E-state index contributed by atoms with van der Waals surface area (Å²) in [7, 11) is 1.57. The highest BCUT2D eigenvalue weighted by molar-refractivity contribution is 5.97. The summed E-state index contributed by atoms with van der Waals surface area (Å²) in [5, 5.41) is 5.75. The number of hydrogen-bond donors (Lipinski definition) is 2. The van der Waals surface area contributed by atoms with Crippen molar-refractivity contribution in [2.45, 2.75) is 39.2 Å². The predicted octanol–water partition coefficient (Wildman–Crippen LogP) is 1.50. The molecule has 0 radical (unpaired) electrons. The van der Waals surface area contributed by atoms with Crippen molar-refractivity contribution in [3.8, 4) is 0 Å². The fraction of sp³-hybridized carbons (Fsp3) is 0.571. The number of rotatable bonds is 8. The lowest BCUT2D eigenvalue weighted by molar-refractivity contribution is -0.132. The first kappa shape index (κ1) is 21.9. The molecule has 7 heteroatoms. The molecular weight excluding hydrogens is 358 g/mol. The Balaban J connectivity index is 2.07. The summed E-state index contributed by atoms with van der Waals surface area (Å²) < 4.78 is 4.99. The Labute approximate surface area is 166 Å². The maximum absolute atomic E-state index is 12.8. The zero-order valence-corrected chi connectivity index (χ0v) is 17.0. The molecule has 1 atom stereocenters. The van der Waals surface area contributed by atoms with Gasteiger partial charge in [0.05, 0.1) is 6.61 Å². The molecule has 1 fully saturated rings. The zero-order valence-electron chi connectivity index (χ0n) is 17.0. The Morgan fingerprint density at radius 2 is 1.96 bits per heavy atom. The minimum absolute atomic E-state index is 0.0165. The molecular formula is C21H31N3O4. The number of amides is 3. The molecule has 0 aliphatic carbocycles. The summed E-state index contributed by atoms with van der Waals surface area (Å²) >= 11 is 0. The molecule has 28 heavy (non-hydrogen) atoms. The smallest absolute Gasteiger partial charge is 0.251 e. The Hall–Kier alpha value is -2.41. The summed E-state index contributed by atoms with van der Waals surface area (Å²) in [5.41, 5.74) is 1.52. The van der Waals surface area contributed by atoms with Gasteiger partial charge >= 0.3 is 0 Å². The van der Waals surface area contributed by atoms with E-state index in [1.807, 2.05) is 30.9 Å². The van der Waals surface area contributed by atoms with Crippen LogP contribution in [0.25, 0.3) is 0 Å². The van der Waals surface area contributed by atoms with Gasteiger partial charge in [-0.25, -0.2) is 0 Å². The number of nitrogens with one attached hydrogen (secondary N) is 2. The minimum atomic E-state index is -0.635. The van der Waals surface area contributed by atoms with E-state index >= 15 is 0 Å². The van der Waals surface area contributed by atoms with Crippen molar-refractivity contribution in [3.05, 3.63) is 35.4 Å². The summed E-state index contributed by atoms with van der Waals surface area (Å²) in [5.74, 6) is -0.360. The normalized spacial score (nSPS) is 15.8. The summed E-state index contributed by atoms with van der Waals surface area (Å²) in [6.07, 6.45) is 1.85. The second-order valence-electron chi connectivity index (χ2n) is 7.18. The van der Waals surface area contributed by atoms with E-state index in [0.717, 1.165) is 5.56 Å². The van der Waals surface area contributed by atoms with Crippen LogP contribution >= 0.6 is 0 Å². The van der Waals surface area contributed by atoms with Gasteiger partial charge in [0.25, 0.3) is 5.91 Å². The lowest BCUT2D eigenvalue weighted by Gasteiger charge is -2.35. The number of nitrogens with zero attached hydrogens (tertiary/aromatic N) is 1. The van der Waals surface area contributed by atoms with Crippen molar-refractivity contribution in [1.82, 2.24) is 15.5 Å². The zero-order chi connectivity index (χ0) is 20.5. The van der Waals surface area contributed by atoms with Crippen molar-refractivity contribution < 1.29 is 19.1 Å². The molecule has 0 saturated carbocycles. The van der Waals surface area contributed by atoms with Crippen molar-refractivity contribution in [2.24, 2.45) is 5.92 Å². The monoisotopic (exact) mass is 389 g/mol. The Morgan fingerprint density at radius 1 is 1.25 bits per heavy atom. The highest BCUT2D eigenvalue weighted by Crippen LogP contribution is 2.22. The molecule has 7 nitrogen and oxygen atoms in total. The van der Waals surface area contributed by atoms with E-state index in [1.165, 1.54) is 0 Å². The van der Waals surface area contributed by atoms with Crippen LogP contribution in [0.2, 0.25) is 0 Å². The number of aryl methyl sites for hydroxylation is 1. The number of piperidine rings is 1. The van der Waals surface area contributed by atoms with Gasteiger partial charge in [0.1, 0.15) is 6.04 Å². The topological polar surface area (TPSA) is 87.7 Å². The first-order chi connectivity index (χ1) is 13.5. The van der Waals surface area contributed by atoms with Gasteiger partial charge in [0.15, 0.2) is 0 Å². The molecule has 1 heterocycles. The Bertz CT molecular complexity index is 684. The molecule has 1 unspecified atom stereocenters. The van der Waals surface area contributed by atoms with Crippen LogP contribution in [0.15, 0.2) is 24.3 Å². The number of ether oxygens (including phenoxy) is 1. The van der Waals surface area contributed by atoms with Gasteiger partial charge in [-0.1, -0.05) is 24.6 Å². The number of benzene rings is 1. The quantitative estimate of drug-likeness (QED) is 0.660. The van der Waals surface area contributed by atoms with Crippen LogP contribution in [0, 0.1) is 12.8 Å². The largest absolute Gasteiger partial charge is 0.383 e. The molecule has 0 bridgehead atoms. The summed E-state index contributed by atoms with van der Waals surface area (Å²) in [6, 6.07) is 6.66. The number of carbonyl (C=O) groups excluding carboxylic acids is 3. The van der Waals surface area contributed by atoms with E-state index in [4.69, 9.17) is 4.74 Å². The van der Waals surface area contributed by atoms with Crippen molar-refractivity contribution in [3.63, 3.8) is 0 Å². The SMILES string of the molecule is CCC(=O)N1CCC(C(NC(=O)c2cccc(C)c2)C(=O)NCCOC)CC1. The van der Waals surface area contributed by atoms with Crippen molar-refractivity contribution in [1.29, 1.82) is 0 Å². The average Bonchev–Trinajstić information content (AvgIpc) is 2.71. The molecule has 2 rings (SSSR count). The number of carbonyl (C=O) groups is 3. The summed E-state index contributed by atoms with van der Waals surface area (Å²) in [6.45, 7) is 5.79. The van der Waals surface area contributed by atoms with Crippen molar-refractivity contribution >= 4 is 17.7 Å². The van der Waals surface area contributed by atoms with Crippen LogP contribution in [0.1, 0.15) is 42.1 Å². The second-order valence-corrected chi connectivity index (χ2v) is 7.18. The standard InChI is InChI=1S/C21H31N3O4/c1-4-18(25)24-11-8-16(9-12-24)19(21(27)22-10-13-28-3)23-20(26)17-7-5-6-15(2)14-17/h5-7,14,16,19H,4,8-13H2,1-3H3,(H,22,27)(H,23,26). The third-order valence-corrected chi connectivity index (χ3v) is 5.12. The van der Waals surface area contributed by atoms with E-state index in [1.54, 1.807) is 19.2 Å². The lowest BCUT2D eigenvalue weighted by Crippen LogP contribution is -2.54. The minimum Gasteiger partial charge on any atom is -0.383 e. The first-order valence-corrected chi connectivity index (χ1v) is 9.88. The first-order valence-electron chi connectivity index (χ1n) is 9.88. The van der Waals surface area contributed by atoms with Crippen LogP contribution in [0.5, 0.6) is 0 Å². The van der Waals surface area contributed by atoms with E-state index in [2.05, 4.69) is 10.6 Å². The molecule has 0 spiro atoms. The van der Waals surface area contributed by atoms with Gasteiger partial charge in [-0.3, -0.25) is 14.4 Å². The van der Waals surface area contributed by atoms with Crippen LogP contribution < -0.4 is 10.6 Å². The number of hydrogen-bond acceptors (Lipinski definition) is 4. The fourth-order valence-corrected chi connectivity index (χ4v) is 3.50. The van der Waals surface area contributed by atoms with Crippen LogP contribution in [-0.2, 0) is 14.3 Å². The van der Waals surface area contributed by atoms with Crippen LogP contribution in [0.4, 0.5) is 0 Å². The van der Waals surface area contributed by atoms with Gasteiger partial charge < -0.3 is 20.3 Å². The van der Waals surface area contributed by atoms with Gasteiger partial charge in [-0.05, 0) is 37.8 Å². The van der Waals surface area contributed by atoms with Crippen LogP contribution in [-0.4, -0.2) is 62.0 Å².